The number of hydrogen-bond acceptors (Lipinski definition) is 0. The van der Waals surface area contributed by atoms with Crippen LogP contribution in [0.4, 0.5) is 0 Å². The topological polar surface area (TPSA) is 0 Å². The SMILES string of the molecule is C.CC(C)C.CC(C)C. The molecule has 0 unspecified atom stereocenters. The van der Waals surface area contributed by atoms with Crippen LogP contribution in [0.5, 0.6) is 0 Å². The maximum atomic E-state index is 2.17. The molecule has 0 aliphatic heterocycles. The molecule has 0 radical (unpaired) electrons. The molecule has 0 aromatic heterocycles. The van der Waals surface area contributed by atoms with Crippen molar-refractivity contribution in [2.75, 3.05) is 0 Å². The molecule has 0 heterocycles. The van der Waals surface area contributed by atoms with Crippen LogP contribution in [0.1, 0.15) is 49.0 Å². The molecular weight excluding hydrogens is 108 g/mol. The predicted octanol–water partition coefficient (Wildman–Crippen LogP) is 3.96. The summed E-state index contributed by atoms with van der Waals surface area (Å²) in [4.78, 5) is 0. The Hall–Kier alpha value is 0. The predicted molar refractivity (Wildman–Crippen MR) is 47.8 cm³/mol. The van der Waals surface area contributed by atoms with Gasteiger partial charge in [-0.3, -0.25) is 0 Å². The quantitative estimate of drug-likeness (QED) is 0.468. The molecule has 0 aromatic rings. The zero-order chi connectivity index (χ0) is 7.15. The smallest absolute Gasteiger partial charge is 0.0500 e. The van der Waals surface area contributed by atoms with E-state index in [-0.39, 0.29) is 7.43 Å². The third-order valence-corrected chi connectivity index (χ3v) is 0. The van der Waals surface area contributed by atoms with Gasteiger partial charge in [0.2, 0.25) is 0 Å². The normalized spacial score (nSPS) is 8.00. The Bertz CT molecular complexity index is 15.5. The van der Waals surface area contributed by atoms with Gasteiger partial charge in [-0.2, -0.15) is 0 Å². The lowest BCUT2D eigenvalue weighted by atomic mass is 10.3. The molecule has 0 saturated carbocycles. The second-order valence-corrected chi connectivity index (χ2v) is 3.46. The Morgan fingerprint density at radius 2 is 0.556 bits per heavy atom. The van der Waals surface area contributed by atoms with E-state index >= 15 is 0 Å². The van der Waals surface area contributed by atoms with Gasteiger partial charge in [-0.1, -0.05) is 49.0 Å². The highest BCUT2D eigenvalue weighted by atomic mass is 13.7. The van der Waals surface area contributed by atoms with Gasteiger partial charge in [-0.25, -0.2) is 0 Å². The maximum Gasteiger partial charge on any atom is -0.0500 e. The molecule has 0 heteroatoms. The highest BCUT2D eigenvalue weighted by molar-refractivity contribution is 4.21. The maximum absolute atomic E-state index is 2.17. The van der Waals surface area contributed by atoms with Crippen molar-refractivity contribution in [2.45, 2.75) is 49.0 Å². The van der Waals surface area contributed by atoms with Crippen molar-refractivity contribution in [3.63, 3.8) is 0 Å². The van der Waals surface area contributed by atoms with Crippen LogP contribution < -0.4 is 0 Å². The summed E-state index contributed by atoms with van der Waals surface area (Å²) in [5.74, 6) is 1.67. The first-order chi connectivity index (χ1) is 3.46. The van der Waals surface area contributed by atoms with Gasteiger partial charge in [0.15, 0.2) is 0 Å². The molecule has 0 aliphatic carbocycles. The summed E-state index contributed by atoms with van der Waals surface area (Å²) in [6.07, 6.45) is 0. The molecule has 0 rings (SSSR count). The van der Waals surface area contributed by atoms with E-state index in [0.717, 1.165) is 11.8 Å². The average molecular weight is 132 g/mol. The Morgan fingerprint density at radius 1 is 0.556 bits per heavy atom. The minimum Gasteiger partial charge on any atom is -0.0776 e. The van der Waals surface area contributed by atoms with Crippen LogP contribution in [-0.2, 0) is 0 Å². The third kappa shape index (κ3) is 0. The van der Waals surface area contributed by atoms with E-state index in [2.05, 4.69) is 41.5 Å². The Morgan fingerprint density at radius 3 is 0.556 bits per heavy atom. The van der Waals surface area contributed by atoms with Crippen molar-refractivity contribution >= 4 is 0 Å². The molecule has 0 amide bonds. The van der Waals surface area contributed by atoms with Gasteiger partial charge in [0.05, 0.1) is 0 Å². The summed E-state index contributed by atoms with van der Waals surface area (Å²) >= 11 is 0. The van der Waals surface area contributed by atoms with Gasteiger partial charge < -0.3 is 0 Å². The molecule has 0 saturated heterocycles. The molecule has 60 valence electrons. The second kappa shape index (κ2) is 10.9. The van der Waals surface area contributed by atoms with Gasteiger partial charge in [0, 0.05) is 0 Å². The molecule has 0 atom stereocenters. The summed E-state index contributed by atoms with van der Waals surface area (Å²) in [5, 5.41) is 0. The molecule has 9 heavy (non-hydrogen) atoms. The van der Waals surface area contributed by atoms with Crippen molar-refractivity contribution in [3.05, 3.63) is 0 Å². The Kier molecular flexibility index (Phi) is 19.4. The van der Waals surface area contributed by atoms with Gasteiger partial charge in [0.1, 0.15) is 0 Å². The fourth-order valence-electron chi connectivity index (χ4n) is 0. The van der Waals surface area contributed by atoms with Gasteiger partial charge in [0.25, 0.3) is 0 Å². The van der Waals surface area contributed by atoms with Crippen LogP contribution in [-0.4, -0.2) is 0 Å². The molecule has 0 spiro atoms. The van der Waals surface area contributed by atoms with Crippen LogP contribution in [0.2, 0.25) is 0 Å². The summed E-state index contributed by atoms with van der Waals surface area (Å²) in [6.45, 7) is 13.0. The molecule has 0 fully saturated rings. The fourth-order valence-corrected chi connectivity index (χ4v) is 0. The van der Waals surface area contributed by atoms with Crippen LogP contribution >= 0.6 is 0 Å². The van der Waals surface area contributed by atoms with E-state index in [0.29, 0.717) is 0 Å². The van der Waals surface area contributed by atoms with Crippen LogP contribution in [0.15, 0.2) is 0 Å². The highest BCUT2D eigenvalue weighted by Gasteiger charge is 1.68. The lowest BCUT2D eigenvalue weighted by molar-refractivity contribution is 0.736. The molecule has 0 nitrogen and oxygen atoms in total. The standard InChI is InChI=1S/2C4H10.CH4/c2*1-4(2)3;/h2*4H,1-3H3;1H4. The fraction of sp³-hybridized carbons (Fsp3) is 1.00. The molecular formula is C9H24. The Labute approximate surface area is 61.7 Å². The van der Waals surface area contributed by atoms with E-state index < -0.39 is 0 Å². The van der Waals surface area contributed by atoms with Gasteiger partial charge >= 0.3 is 0 Å². The molecule has 0 bridgehead atoms. The largest absolute Gasteiger partial charge is 0.0776 e. The second-order valence-electron chi connectivity index (χ2n) is 3.46. The van der Waals surface area contributed by atoms with Crippen LogP contribution in [0, 0.1) is 11.8 Å². The van der Waals surface area contributed by atoms with E-state index in [9.17, 15) is 0 Å². The van der Waals surface area contributed by atoms with E-state index in [1.165, 1.54) is 0 Å². The Balaban J connectivity index is -0.0000000720. The van der Waals surface area contributed by atoms with Crippen molar-refractivity contribution < 1.29 is 0 Å². The first-order valence-corrected chi connectivity index (χ1v) is 3.46. The van der Waals surface area contributed by atoms with Crippen LogP contribution in [0.3, 0.4) is 0 Å². The summed E-state index contributed by atoms with van der Waals surface area (Å²) < 4.78 is 0. The van der Waals surface area contributed by atoms with Crippen molar-refractivity contribution in [3.8, 4) is 0 Å². The highest BCUT2D eigenvalue weighted by Crippen LogP contribution is 1.81. The third-order valence-electron chi connectivity index (χ3n) is 0. The lowest BCUT2D eigenvalue weighted by Crippen LogP contribution is -1.66. The number of rotatable bonds is 0. The lowest BCUT2D eigenvalue weighted by Gasteiger charge is -1.79. The molecule has 0 aromatic carbocycles. The van der Waals surface area contributed by atoms with Crippen molar-refractivity contribution in [1.82, 2.24) is 0 Å². The van der Waals surface area contributed by atoms with Crippen molar-refractivity contribution in [2.24, 2.45) is 11.8 Å². The summed E-state index contributed by atoms with van der Waals surface area (Å²) in [7, 11) is 0. The molecule has 0 aliphatic rings. The minimum absolute atomic E-state index is 0. The van der Waals surface area contributed by atoms with Gasteiger partial charge in [-0.05, 0) is 11.8 Å². The van der Waals surface area contributed by atoms with Gasteiger partial charge in [-0.15, -0.1) is 0 Å². The van der Waals surface area contributed by atoms with Crippen LogP contribution in [0.25, 0.3) is 0 Å². The van der Waals surface area contributed by atoms with E-state index in [4.69, 9.17) is 0 Å². The first-order valence-electron chi connectivity index (χ1n) is 3.46. The van der Waals surface area contributed by atoms with E-state index in [1.54, 1.807) is 0 Å². The number of hydrogen-bond donors (Lipinski definition) is 0. The average Bonchev–Trinajstić information content (AvgIpc) is 1.25. The monoisotopic (exact) mass is 132 g/mol. The summed E-state index contributed by atoms with van der Waals surface area (Å²) in [6, 6.07) is 0. The first kappa shape index (κ1) is 16.0. The zero-order valence-electron chi connectivity index (χ0n) is 7.15. The van der Waals surface area contributed by atoms with Crippen molar-refractivity contribution in [1.29, 1.82) is 0 Å². The summed E-state index contributed by atoms with van der Waals surface area (Å²) in [5.41, 5.74) is 0. The molecule has 0 N–H and O–H groups in total. The minimum atomic E-state index is 0. The zero-order valence-corrected chi connectivity index (χ0v) is 7.15. The van der Waals surface area contributed by atoms with E-state index in [1.807, 2.05) is 0 Å².